The number of hydrogen-bond donors (Lipinski definition) is 1. The lowest BCUT2D eigenvalue weighted by Crippen LogP contribution is -2.39. The second-order valence-corrected chi connectivity index (χ2v) is 5.95. The van der Waals surface area contributed by atoms with E-state index in [-0.39, 0.29) is 5.91 Å². The largest absolute Gasteiger partial charge is 0.337 e. The molecule has 0 saturated carbocycles. The highest BCUT2D eigenvalue weighted by molar-refractivity contribution is 7.16. The summed E-state index contributed by atoms with van der Waals surface area (Å²) in [5.41, 5.74) is 0. The lowest BCUT2D eigenvalue weighted by Gasteiger charge is -2.21. The number of nitrogens with one attached hydrogen (secondary N) is 1. The smallest absolute Gasteiger partial charge is 0.236 e. The third-order valence-electron chi connectivity index (χ3n) is 2.37. The molecule has 0 bridgehead atoms. The molecule has 1 N–H and O–H groups in total. The molecule has 1 aromatic rings. The molecular weight excluding hydrogens is 256 g/mol. The van der Waals surface area contributed by atoms with Crippen molar-refractivity contribution in [2.75, 3.05) is 13.1 Å². The van der Waals surface area contributed by atoms with Crippen LogP contribution in [0.25, 0.3) is 0 Å². The zero-order valence-corrected chi connectivity index (χ0v) is 12.1. The molecule has 1 aromatic heterocycles. The Hall–Kier alpha value is -0.580. The summed E-state index contributed by atoms with van der Waals surface area (Å²) in [5, 5.41) is 3.14. The number of halogens is 1. The minimum Gasteiger partial charge on any atom is -0.337 e. The van der Waals surface area contributed by atoms with Gasteiger partial charge in [0.15, 0.2) is 0 Å². The Balaban J connectivity index is 2.50. The Bertz CT molecular complexity index is 365. The van der Waals surface area contributed by atoms with Crippen molar-refractivity contribution >= 4 is 28.8 Å². The molecule has 17 heavy (non-hydrogen) atoms. The summed E-state index contributed by atoms with van der Waals surface area (Å²) in [7, 11) is 0. The fourth-order valence-corrected chi connectivity index (χ4v) is 2.51. The Morgan fingerprint density at radius 2 is 2.24 bits per heavy atom. The Kier molecular flexibility index (Phi) is 5.95. The van der Waals surface area contributed by atoms with Crippen LogP contribution in [-0.4, -0.2) is 29.9 Å². The molecule has 96 valence electrons. The van der Waals surface area contributed by atoms with E-state index in [1.54, 1.807) is 0 Å². The van der Waals surface area contributed by atoms with E-state index < -0.39 is 0 Å². The van der Waals surface area contributed by atoms with Crippen LogP contribution >= 0.6 is 22.9 Å². The molecule has 0 spiro atoms. The van der Waals surface area contributed by atoms with Gasteiger partial charge in [-0.05, 0) is 19.1 Å². The number of rotatable bonds is 6. The van der Waals surface area contributed by atoms with Crippen molar-refractivity contribution in [2.45, 2.75) is 33.4 Å². The normalized spacial score (nSPS) is 10.9. The van der Waals surface area contributed by atoms with E-state index >= 15 is 0 Å². The average molecular weight is 275 g/mol. The van der Waals surface area contributed by atoms with Crippen molar-refractivity contribution < 1.29 is 4.79 Å². The Morgan fingerprint density at radius 1 is 1.53 bits per heavy atom. The summed E-state index contributed by atoms with van der Waals surface area (Å²) < 4.78 is 0.767. The molecule has 1 heterocycles. The van der Waals surface area contributed by atoms with Gasteiger partial charge in [0, 0.05) is 17.5 Å². The van der Waals surface area contributed by atoms with Gasteiger partial charge in [-0.15, -0.1) is 11.3 Å². The maximum absolute atomic E-state index is 11.9. The van der Waals surface area contributed by atoms with Crippen molar-refractivity contribution in [2.24, 2.45) is 0 Å². The summed E-state index contributed by atoms with van der Waals surface area (Å²) in [5.74, 6) is 0.130. The number of hydrogen-bond acceptors (Lipinski definition) is 3. The molecule has 3 nitrogen and oxygen atoms in total. The molecule has 1 rings (SSSR count). The zero-order valence-electron chi connectivity index (χ0n) is 10.5. The molecule has 0 unspecified atom stereocenters. The van der Waals surface area contributed by atoms with Crippen molar-refractivity contribution in [3.8, 4) is 0 Å². The van der Waals surface area contributed by atoms with Gasteiger partial charge in [0.25, 0.3) is 0 Å². The first-order valence-electron chi connectivity index (χ1n) is 5.78. The molecule has 0 aromatic carbocycles. The lowest BCUT2D eigenvalue weighted by atomic mass is 10.3. The standard InChI is InChI=1S/C12H19ClN2OS/c1-4-15(12(16)7-14-9(2)3)8-10-5-6-11(13)17-10/h5-6,9,14H,4,7-8H2,1-3H3. The molecule has 0 radical (unpaired) electrons. The maximum atomic E-state index is 11.9. The zero-order chi connectivity index (χ0) is 12.8. The van der Waals surface area contributed by atoms with E-state index in [2.05, 4.69) is 5.32 Å². The molecule has 0 saturated heterocycles. The summed E-state index contributed by atoms with van der Waals surface area (Å²) in [6.45, 7) is 7.80. The predicted octanol–water partition coefficient (Wildman–Crippen LogP) is 2.75. The van der Waals surface area contributed by atoms with Crippen LogP contribution in [0.5, 0.6) is 0 Å². The van der Waals surface area contributed by atoms with Crippen LogP contribution < -0.4 is 5.32 Å². The van der Waals surface area contributed by atoms with Gasteiger partial charge in [-0.25, -0.2) is 0 Å². The van der Waals surface area contributed by atoms with Gasteiger partial charge in [-0.1, -0.05) is 25.4 Å². The Labute approximate surface area is 112 Å². The number of thiophene rings is 1. The minimum absolute atomic E-state index is 0.130. The fraction of sp³-hybridized carbons (Fsp3) is 0.583. The first kappa shape index (κ1) is 14.5. The van der Waals surface area contributed by atoms with Crippen LogP contribution in [0.3, 0.4) is 0 Å². The van der Waals surface area contributed by atoms with Gasteiger partial charge in [-0.3, -0.25) is 4.79 Å². The molecule has 1 amide bonds. The van der Waals surface area contributed by atoms with Crippen LogP contribution in [0.1, 0.15) is 25.6 Å². The monoisotopic (exact) mass is 274 g/mol. The van der Waals surface area contributed by atoms with Crippen LogP contribution in [0.15, 0.2) is 12.1 Å². The Morgan fingerprint density at radius 3 is 2.71 bits per heavy atom. The fourth-order valence-electron chi connectivity index (χ4n) is 1.40. The van der Waals surface area contributed by atoms with Gasteiger partial charge in [0.2, 0.25) is 5.91 Å². The number of carbonyl (C=O) groups excluding carboxylic acids is 1. The molecule has 0 atom stereocenters. The van der Waals surface area contributed by atoms with Crippen molar-refractivity contribution in [3.63, 3.8) is 0 Å². The van der Waals surface area contributed by atoms with Crippen LogP contribution in [0.2, 0.25) is 4.34 Å². The van der Waals surface area contributed by atoms with E-state index in [1.807, 2.05) is 37.8 Å². The number of carbonyl (C=O) groups is 1. The molecule has 0 aliphatic heterocycles. The third kappa shape index (κ3) is 5.06. The maximum Gasteiger partial charge on any atom is 0.236 e. The van der Waals surface area contributed by atoms with Crippen LogP contribution in [0, 0.1) is 0 Å². The molecule has 0 aliphatic rings. The van der Waals surface area contributed by atoms with E-state index in [1.165, 1.54) is 11.3 Å². The molecule has 5 heteroatoms. The van der Waals surface area contributed by atoms with E-state index in [0.717, 1.165) is 9.21 Å². The van der Waals surface area contributed by atoms with Gasteiger partial charge in [0.05, 0.1) is 17.4 Å². The van der Waals surface area contributed by atoms with Crippen molar-refractivity contribution in [3.05, 3.63) is 21.3 Å². The average Bonchev–Trinajstić information content (AvgIpc) is 2.68. The SMILES string of the molecule is CCN(Cc1ccc(Cl)s1)C(=O)CNC(C)C. The van der Waals surface area contributed by atoms with Gasteiger partial charge >= 0.3 is 0 Å². The molecular formula is C12H19ClN2OS. The summed E-state index contributed by atoms with van der Waals surface area (Å²) >= 11 is 7.40. The highest BCUT2D eigenvalue weighted by Crippen LogP contribution is 2.22. The number of amides is 1. The summed E-state index contributed by atoms with van der Waals surface area (Å²) in [6, 6.07) is 4.17. The van der Waals surface area contributed by atoms with Crippen LogP contribution in [-0.2, 0) is 11.3 Å². The predicted molar refractivity (Wildman–Crippen MR) is 73.6 cm³/mol. The van der Waals surface area contributed by atoms with Gasteiger partial charge in [0.1, 0.15) is 0 Å². The first-order chi connectivity index (χ1) is 8.02. The van der Waals surface area contributed by atoms with Gasteiger partial charge < -0.3 is 10.2 Å². The lowest BCUT2D eigenvalue weighted by molar-refractivity contribution is -0.130. The third-order valence-corrected chi connectivity index (χ3v) is 3.59. The van der Waals surface area contributed by atoms with E-state index in [9.17, 15) is 4.79 Å². The number of likely N-dealkylation sites (N-methyl/N-ethyl adjacent to an activating group) is 1. The highest BCUT2D eigenvalue weighted by atomic mass is 35.5. The number of nitrogens with zero attached hydrogens (tertiary/aromatic N) is 1. The molecule has 0 fully saturated rings. The summed E-state index contributed by atoms with van der Waals surface area (Å²) in [6.07, 6.45) is 0. The second-order valence-electron chi connectivity index (χ2n) is 4.15. The van der Waals surface area contributed by atoms with E-state index in [0.29, 0.717) is 25.7 Å². The first-order valence-corrected chi connectivity index (χ1v) is 6.97. The van der Waals surface area contributed by atoms with Crippen LogP contribution in [0.4, 0.5) is 0 Å². The minimum atomic E-state index is 0.130. The van der Waals surface area contributed by atoms with Crippen molar-refractivity contribution in [1.82, 2.24) is 10.2 Å². The van der Waals surface area contributed by atoms with E-state index in [4.69, 9.17) is 11.6 Å². The summed E-state index contributed by atoms with van der Waals surface area (Å²) in [4.78, 5) is 14.9. The molecule has 0 aliphatic carbocycles. The second kappa shape index (κ2) is 6.99. The van der Waals surface area contributed by atoms with Gasteiger partial charge in [-0.2, -0.15) is 0 Å². The quantitative estimate of drug-likeness (QED) is 0.865. The highest BCUT2D eigenvalue weighted by Gasteiger charge is 2.13. The van der Waals surface area contributed by atoms with Crippen molar-refractivity contribution in [1.29, 1.82) is 0 Å². The topological polar surface area (TPSA) is 32.3 Å².